The third-order valence-corrected chi connectivity index (χ3v) is 5.36. The van der Waals surface area contributed by atoms with E-state index in [2.05, 4.69) is 10.3 Å². The molecule has 1 aromatic heterocycles. The van der Waals surface area contributed by atoms with Crippen LogP contribution in [0.1, 0.15) is 36.3 Å². The number of amides is 1. The van der Waals surface area contributed by atoms with Crippen molar-refractivity contribution >= 4 is 5.91 Å². The highest BCUT2D eigenvalue weighted by molar-refractivity contribution is 5.79. The van der Waals surface area contributed by atoms with Crippen LogP contribution in [0.2, 0.25) is 0 Å². The number of rotatable bonds is 8. The van der Waals surface area contributed by atoms with Crippen LogP contribution in [-0.4, -0.2) is 17.5 Å². The van der Waals surface area contributed by atoms with Crippen LogP contribution in [0.25, 0.3) is 11.5 Å². The average Bonchev–Trinajstić information content (AvgIpc) is 3.07. The lowest BCUT2D eigenvalue weighted by atomic mass is 9.85. The fraction of sp³-hybridized carbons (Fsp3) is 0.333. The quantitative estimate of drug-likeness (QED) is 0.606. The first-order chi connectivity index (χ1) is 14.2. The maximum atomic E-state index is 12.0. The molecule has 1 heterocycles. The van der Waals surface area contributed by atoms with E-state index in [0.29, 0.717) is 25.5 Å². The lowest BCUT2D eigenvalue weighted by Gasteiger charge is -2.24. The minimum Gasteiger partial charge on any atom is -0.493 e. The Hall–Kier alpha value is -3.08. The third kappa shape index (κ3) is 4.86. The summed E-state index contributed by atoms with van der Waals surface area (Å²) in [7, 11) is 0. The van der Waals surface area contributed by atoms with Crippen molar-refractivity contribution in [1.29, 1.82) is 0 Å². The molecule has 5 nitrogen and oxygen atoms in total. The zero-order chi connectivity index (χ0) is 20.1. The van der Waals surface area contributed by atoms with E-state index < -0.39 is 0 Å². The predicted octanol–water partition coefficient (Wildman–Crippen LogP) is 4.69. The fourth-order valence-electron chi connectivity index (χ4n) is 3.38. The molecule has 0 unspecified atom stereocenters. The van der Waals surface area contributed by atoms with Gasteiger partial charge in [0.05, 0.1) is 12.3 Å². The number of aromatic nitrogens is 1. The van der Waals surface area contributed by atoms with Crippen LogP contribution < -0.4 is 10.1 Å². The van der Waals surface area contributed by atoms with E-state index in [1.807, 2.05) is 61.5 Å². The van der Waals surface area contributed by atoms with Gasteiger partial charge in [0.1, 0.15) is 11.5 Å². The molecule has 1 aliphatic rings. The highest BCUT2D eigenvalue weighted by Gasteiger charge is 2.24. The number of benzene rings is 2. The van der Waals surface area contributed by atoms with Gasteiger partial charge in [-0.25, -0.2) is 4.98 Å². The van der Waals surface area contributed by atoms with Crippen LogP contribution in [0.4, 0.5) is 0 Å². The first-order valence-corrected chi connectivity index (χ1v) is 10.2. The molecule has 2 aromatic carbocycles. The Morgan fingerprint density at radius 2 is 2.00 bits per heavy atom. The fourth-order valence-corrected chi connectivity index (χ4v) is 3.38. The van der Waals surface area contributed by atoms with Gasteiger partial charge < -0.3 is 14.5 Å². The summed E-state index contributed by atoms with van der Waals surface area (Å²) in [5.74, 6) is 2.63. The van der Waals surface area contributed by atoms with Crippen LogP contribution >= 0.6 is 0 Å². The van der Waals surface area contributed by atoms with Gasteiger partial charge in [-0.15, -0.1) is 0 Å². The molecule has 150 valence electrons. The topological polar surface area (TPSA) is 64.4 Å². The second-order valence-corrected chi connectivity index (χ2v) is 7.48. The molecule has 1 saturated carbocycles. The van der Waals surface area contributed by atoms with Gasteiger partial charge in [0.15, 0.2) is 0 Å². The zero-order valence-electron chi connectivity index (χ0n) is 16.7. The number of carbonyl (C=O) groups excluding carboxylic acids is 1. The number of hydrogen-bond donors (Lipinski definition) is 1. The Morgan fingerprint density at radius 1 is 1.17 bits per heavy atom. The largest absolute Gasteiger partial charge is 0.493 e. The van der Waals surface area contributed by atoms with Crippen molar-refractivity contribution in [2.45, 2.75) is 39.2 Å². The molecule has 3 aromatic rings. The molecule has 0 saturated heterocycles. The Bertz CT molecular complexity index is 961. The summed E-state index contributed by atoms with van der Waals surface area (Å²) in [5.41, 5.74) is 2.92. The lowest BCUT2D eigenvalue weighted by Crippen LogP contribution is -2.33. The highest BCUT2D eigenvalue weighted by atomic mass is 16.5. The van der Waals surface area contributed by atoms with E-state index in [1.165, 1.54) is 6.42 Å². The molecule has 1 fully saturated rings. The summed E-state index contributed by atoms with van der Waals surface area (Å²) in [5, 5.41) is 3.02. The molecule has 0 bridgehead atoms. The molecular weight excluding hydrogens is 364 g/mol. The summed E-state index contributed by atoms with van der Waals surface area (Å²) in [6, 6.07) is 17.8. The van der Waals surface area contributed by atoms with Crippen LogP contribution in [0, 0.1) is 12.8 Å². The number of ether oxygens (including phenoxy) is 1. The molecule has 5 heteroatoms. The number of oxazole rings is 1. The average molecular weight is 390 g/mol. The zero-order valence-corrected chi connectivity index (χ0v) is 16.7. The second-order valence-electron chi connectivity index (χ2n) is 7.48. The molecule has 1 N–H and O–H groups in total. The first-order valence-electron chi connectivity index (χ1n) is 10.2. The molecule has 0 radical (unpaired) electrons. The molecule has 1 aliphatic carbocycles. The summed E-state index contributed by atoms with van der Waals surface area (Å²) < 4.78 is 11.7. The van der Waals surface area contributed by atoms with Crippen molar-refractivity contribution in [3.8, 4) is 17.2 Å². The Balaban J connectivity index is 1.29. The standard InChI is InChI=1S/C24H26N2O3/c1-17-22(26-24(29-17)20-8-3-2-4-9-20)13-14-28-21-12-5-7-18(15-21)16-25-23(27)19-10-6-11-19/h2-5,7-9,12,15,19H,6,10-11,13-14,16H2,1H3,(H,25,27). The predicted molar refractivity (Wildman–Crippen MR) is 112 cm³/mol. The monoisotopic (exact) mass is 390 g/mol. The van der Waals surface area contributed by atoms with Crippen molar-refractivity contribution in [3.63, 3.8) is 0 Å². The number of nitrogens with one attached hydrogen (secondary N) is 1. The van der Waals surface area contributed by atoms with Gasteiger partial charge in [0.2, 0.25) is 11.8 Å². The van der Waals surface area contributed by atoms with Crippen LogP contribution in [0.5, 0.6) is 5.75 Å². The van der Waals surface area contributed by atoms with E-state index in [4.69, 9.17) is 9.15 Å². The summed E-state index contributed by atoms with van der Waals surface area (Å²) in [6.45, 7) is 2.98. The van der Waals surface area contributed by atoms with Gasteiger partial charge in [0, 0.05) is 24.4 Å². The summed E-state index contributed by atoms with van der Waals surface area (Å²) >= 11 is 0. The molecule has 0 aliphatic heterocycles. The number of nitrogens with zero attached hydrogens (tertiary/aromatic N) is 1. The maximum absolute atomic E-state index is 12.0. The first kappa shape index (κ1) is 19.2. The van der Waals surface area contributed by atoms with Crippen molar-refractivity contribution in [2.24, 2.45) is 5.92 Å². The van der Waals surface area contributed by atoms with Crippen molar-refractivity contribution in [2.75, 3.05) is 6.61 Å². The highest BCUT2D eigenvalue weighted by Crippen LogP contribution is 2.26. The van der Waals surface area contributed by atoms with Crippen LogP contribution in [-0.2, 0) is 17.8 Å². The van der Waals surface area contributed by atoms with Crippen molar-refractivity contribution in [3.05, 3.63) is 71.6 Å². The Labute approximate surface area is 171 Å². The lowest BCUT2D eigenvalue weighted by molar-refractivity contribution is -0.127. The molecule has 0 spiro atoms. The van der Waals surface area contributed by atoms with E-state index in [0.717, 1.165) is 41.2 Å². The Morgan fingerprint density at radius 3 is 2.76 bits per heavy atom. The van der Waals surface area contributed by atoms with Crippen molar-refractivity contribution in [1.82, 2.24) is 10.3 Å². The van der Waals surface area contributed by atoms with Gasteiger partial charge in [0.25, 0.3) is 0 Å². The van der Waals surface area contributed by atoms with E-state index in [1.54, 1.807) is 0 Å². The molecular formula is C24H26N2O3. The smallest absolute Gasteiger partial charge is 0.226 e. The van der Waals surface area contributed by atoms with Crippen LogP contribution in [0.3, 0.4) is 0 Å². The number of carbonyl (C=O) groups is 1. The van der Waals surface area contributed by atoms with Crippen LogP contribution in [0.15, 0.2) is 59.0 Å². The minimum absolute atomic E-state index is 0.165. The van der Waals surface area contributed by atoms with E-state index in [-0.39, 0.29) is 11.8 Å². The van der Waals surface area contributed by atoms with Gasteiger partial charge in [-0.2, -0.15) is 0 Å². The van der Waals surface area contributed by atoms with Gasteiger partial charge in [-0.3, -0.25) is 4.79 Å². The third-order valence-electron chi connectivity index (χ3n) is 5.36. The number of hydrogen-bond acceptors (Lipinski definition) is 4. The van der Waals surface area contributed by atoms with Gasteiger partial charge in [-0.05, 0) is 49.6 Å². The molecule has 1 amide bonds. The molecule has 0 atom stereocenters. The van der Waals surface area contributed by atoms with Crippen molar-refractivity contribution < 1.29 is 13.9 Å². The van der Waals surface area contributed by atoms with E-state index in [9.17, 15) is 4.79 Å². The van der Waals surface area contributed by atoms with E-state index >= 15 is 0 Å². The van der Waals surface area contributed by atoms with Gasteiger partial charge >= 0.3 is 0 Å². The second kappa shape index (κ2) is 8.95. The summed E-state index contributed by atoms with van der Waals surface area (Å²) in [6.07, 6.45) is 3.87. The summed E-state index contributed by atoms with van der Waals surface area (Å²) in [4.78, 5) is 16.6. The maximum Gasteiger partial charge on any atom is 0.226 e. The normalized spacial score (nSPS) is 13.7. The Kier molecular flexibility index (Phi) is 5.94. The van der Waals surface area contributed by atoms with Gasteiger partial charge in [-0.1, -0.05) is 36.8 Å². The molecule has 4 rings (SSSR count). The SMILES string of the molecule is Cc1oc(-c2ccccc2)nc1CCOc1cccc(CNC(=O)C2CCC2)c1. The minimum atomic E-state index is 0.165. The molecule has 29 heavy (non-hydrogen) atoms. The number of aryl methyl sites for hydroxylation is 1.